The number of phenolic OH excluding ortho intramolecular Hbond substituents is 1. The number of amides is 1. The third-order valence-electron chi connectivity index (χ3n) is 3.28. The van der Waals surface area contributed by atoms with E-state index in [0.29, 0.717) is 9.23 Å². The van der Waals surface area contributed by atoms with Gasteiger partial charge in [-0.15, -0.1) is 0 Å². The van der Waals surface area contributed by atoms with E-state index in [1.54, 1.807) is 30.3 Å². The summed E-state index contributed by atoms with van der Waals surface area (Å²) in [6, 6.07) is 14.4. The maximum Gasteiger partial charge on any atom is 0.285 e. The molecule has 0 aliphatic carbocycles. The van der Waals surface area contributed by atoms with Gasteiger partial charge in [-0.2, -0.15) is 0 Å². The Hall–Kier alpha value is -2.31. The third-order valence-corrected chi connectivity index (χ3v) is 4.58. The van der Waals surface area contributed by atoms with Crippen LogP contribution < -0.4 is 5.43 Å². The fraction of sp³-hybridized carbons (Fsp3) is 0.0588. The minimum atomic E-state index is -0.186. The zero-order chi connectivity index (χ0) is 16.4. The minimum absolute atomic E-state index is 0.186. The van der Waals surface area contributed by atoms with E-state index >= 15 is 0 Å². The molecule has 0 unspecified atom stereocenters. The smallest absolute Gasteiger partial charge is 0.285 e. The number of hydrogen-bond acceptors (Lipinski definition) is 5. The highest BCUT2D eigenvalue weighted by atomic mass is 32.2. The van der Waals surface area contributed by atoms with E-state index in [-0.39, 0.29) is 11.7 Å². The molecule has 0 spiro atoms. The topological polar surface area (TPSA) is 52.6 Å². The number of hydrazine groups is 1. The van der Waals surface area contributed by atoms with Crippen LogP contribution in [-0.2, 0) is 4.79 Å². The van der Waals surface area contributed by atoms with Crippen LogP contribution in [0.5, 0.6) is 5.75 Å². The number of benzene rings is 2. The molecular formula is C17H14N2O2S2. The summed E-state index contributed by atoms with van der Waals surface area (Å²) in [5, 5.41) is 10.7. The number of aryl methyl sites for hydroxylation is 1. The second kappa shape index (κ2) is 6.44. The van der Waals surface area contributed by atoms with Crippen molar-refractivity contribution in [1.29, 1.82) is 0 Å². The Balaban J connectivity index is 1.79. The van der Waals surface area contributed by atoms with Gasteiger partial charge in [-0.25, -0.2) is 5.01 Å². The van der Waals surface area contributed by atoms with E-state index < -0.39 is 0 Å². The maximum atomic E-state index is 12.5. The fourth-order valence-electron chi connectivity index (χ4n) is 2.04. The molecule has 23 heavy (non-hydrogen) atoms. The second-order valence-electron chi connectivity index (χ2n) is 5.09. The number of anilines is 1. The molecule has 0 bridgehead atoms. The Morgan fingerprint density at radius 2 is 1.78 bits per heavy atom. The first-order valence-corrected chi connectivity index (χ1v) is 8.16. The van der Waals surface area contributed by atoms with Crippen molar-refractivity contribution >= 4 is 46.0 Å². The molecule has 2 aromatic carbocycles. The van der Waals surface area contributed by atoms with E-state index in [1.165, 1.54) is 16.8 Å². The zero-order valence-corrected chi connectivity index (χ0v) is 13.9. The number of thiocarbonyl (C=S) groups is 1. The second-order valence-corrected chi connectivity index (χ2v) is 6.76. The lowest BCUT2D eigenvalue weighted by molar-refractivity contribution is -0.121. The number of thioether (sulfide) groups is 1. The highest BCUT2D eigenvalue weighted by Gasteiger charge is 2.32. The third kappa shape index (κ3) is 3.55. The Kier molecular flexibility index (Phi) is 4.36. The monoisotopic (exact) mass is 342 g/mol. The highest BCUT2D eigenvalue weighted by Crippen LogP contribution is 2.33. The average Bonchev–Trinajstić information content (AvgIpc) is 2.79. The molecule has 1 aliphatic rings. The van der Waals surface area contributed by atoms with Crippen molar-refractivity contribution < 1.29 is 9.90 Å². The van der Waals surface area contributed by atoms with Crippen LogP contribution in [0, 0.1) is 6.92 Å². The fourth-order valence-corrected chi connectivity index (χ4v) is 3.22. The van der Waals surface area contributed by atoms with Gasteiger partial charge in [0.25, 0.3) is 5.91 Å². The standard InChI is InChI=1S/C17H14N2O2S2/c1-11-2-6-13(7-3-11)18-19-16(21)15(23-17(19)22)10-12-4-8-14(20)9-5-12/h2-10,18,20H,1H3/b15-10+. The van der Waals surface area contributed by atoms with Gasteiger partial charge in [0.1, 0.15) is 5.75 Å². The van der Waals surface area contributed by atoms with Crippen molar-refractivity contribution in [2.24, 2.45) is 0 Å². The molecule has 6 heteroatoms. The molecule has 4 nitrogen and oxygen atoms in total. The van der Waals surface area contributed by atoms with Crippen LogP contribution in [0.2, 0.25) is 0 Å². The molecule has 0 saturated carbocycles. The predicted molar refractivity (Wildman–Crippen MR) is 97.9 cm³/mol. The Bertz CT molecular complexity index is 783. The lowest BCUT2D eigenvalue weighted by Crippen LogP contribution is -2.33. The van der Waals surface area contributed by atoms with Crippen LogP contribution in [0.3, 0.4) is 0 Å². The molecule has 0 aromatic heterocycles. The minimum Gasteiger partial charge on any atom is -0.508 e. The maximum absolute atomic E-state index is 12.5. The molecule has 0 atom stereocenters. The SMILES string of the molecule is Cc1ccc(NN2C(=O)/C(=C\c3ccc(O)cc3)SC2=S)cc1. The highest BCUT2D eigenvalue weighted by molar-refractivity contribution is 8.26. The molecule has 3 rings (SSSR count). The van der Waals surface area contributed by atoms with Crippen molar-refractivity contribution in [2.75, 3.05) is 5.43 Å². The van der Waals surface area contributed by atoms with Gasteiger partial charge in [-0.3, -0.25) is 10.2 Å². The van der Waals surface area contributed by atoms with Crippen molar-refractivity contribution in [3.63, 3.8) is 0 Å². The lowest BCUT2D eigenvalue weighted by Gasteiger charge is -2.17. The first-order chi connectivity index (χ1) is 11.0. The lowest BCUT2D eigenvalue weighted by atomic mass is 10.2. The van der Waals surface area contributed by atoms with E-state index in [2.05, 4.69) is 5.43 Å². The summed E-state index contributed by atoms with van der Waals surface area (Å²) in [5.41, 5.74) is 5.82. The summed E-state index contributed by atoms with van der Waals surface area (Å²) >= 11 is 6.53. The van der Waals surface area contributed by atoms with E-state index in [9.17, 15) is 9.90 Å². The van der Waals surface area contributed by atoms with Crippen molar-refractivity contribution in [2.45, 2.75) is 6.92 Å². The van der Waals surface area contributed by atoms with Gasteiger partial charge in [0.2, 0.25) is 0 Å². The number of nitrogens with zero attached hydrogens (tertiary/aromatic N) is 1. The molecule has 1 amide bonds. The summed E-state index contributed by atoms with van der Waals surface area (Å²) in [6.07, 6.45) is 1.76. The van der Waals surface area contributed by atoms with Crippen molar-refractivity contribution in [3.05, 3.63) is 64.6 Å². The molecule has 1 saturated heterocycles. The zero-order valence-electron chi connectivity index (χ0n) is 12.3. The molecule has 2 aromatic rings. The number of hydrogen-bond donors (Lipinski definition) is 2. The van der Waals surface area contributed by atoms with Crippen LogP contribution >= 0.6 is 24.0 Å². The largest absolute Gasteiger partial charge is 0.508 e. The molecule has 1 aliphatic heterocycles. The molecule has 0 radical (unpaired) electrons. The first-order valence-electron chi connectivity index (χ1n) is 6.93. The number of carbonyl (C=O) groups is 1. The number of phenols is 1. The summed E-state index contributed by atoms with van der Waals surface area (Å²) in [5.74, 6) is 0.00406. The van der Waals surface area contributed by atoms with E-state index in [0.717, 1.165) is 16.8 Å². The van der Waals surface area contributed by atoms with E-state index in [1.807, 2.05) is 31.2 Å². The molecule has 1 fully saturated rings. The van der Waals surface area contributed by atoms with Gasteiger partial charge in [0.15, 0.2) is 4.32 Å². The van der Waals surface area contributed by atoms with Gasteiger partial charge in [0, 0.05) is 0 Å². The van der Waals surface area contributed by atoms with Crippen LogP contribution in [0.4, 0.5) is 5.69 Å². The Morgan fingerprint density at radius 1 is 1.13 bits per heavy atom. The molecule has 116 valence electrons. The molecular weight excluding hydrogens is 328 g/mol. The van der Waals surface area contributed by atoms with Crippen LogP contribution in [0.15, 0.2) is 53.4 Å². The number of aromatic hydroxyl groups is 1. The first kappa shape index (κ1) is 15.6. The van der Waals surface area contributed by atoms with Crippen LogP contribution in [-0.4, -0.2) is 20.3 Å². The summed E-state index contributed by atoms with van der Waals surface area (Å²) in [4.78, 5) is 13.0. The summed E-state index contributed by atoms with van der Waals surface area (Å²) in [7, 11) is 0. The van der Waals surface area contributed by atoms with Gasteiger partial charge in [-0.1, -0.05) is 41.6 Å². The summed E-state index contributed by atoms with van der Waals surface area (Å²) in [6.45, 7) is 2.00. The van der Waals surface area contributed by atoms with Crippen LogP contribution in [0.25, 0.3) is 6.08 Å². The summed E-state index contributed by atoms with van der Waals surface area (Å²) < 4.78 is 0.459. The van der Waals surface area contributed by atoms with Crippen LogP contribution in [0.1, 0.15) is 11.1 Å². The molecule has 2 N–H and O–H groups in total. The van der Waals surface area contributed by atoms with Gasteiger partial charge >= 0.3 is 0 Å². The van der Waals surface area contributed by atoms with Gasteiger partial charge < -0.3 is 5.11 Å². The normalized spacial score (nSPS) is 16.2. The van der Waals surface area contributed by atoms with Gasteiger partial charge in [0.05, 0.1) is 10.6 Å². The number of nitrogens with one attached hydrogen (secondary N) is 1. The van der Waals surface area contributed by atoms with Crippen molar-refractivity contribution in [3.8, 4) is 5.75 Å². The number of carbonyl (C=O) groups excluding carboxylic acids is 1. The average molecular weight is 342 g/mol. The Labute approximate surface area is 143 Å². The van der Waals surface area contributed by atoms with Crippen molar-refractivity contribution in [1.82, 2.24) is 5.01 Å². The number of rotatable bonds is 3. The van der Waals surface area contributed by atoms with Gasteiger partial charge in [-0.05, 0) is 55.0 Å². The van der Waals surface area contributed by atoms with E-state index in [4.69, 9.17) is 12.2 Å². The molecule has 1 heterocycles. The quantitative estimate of drug-likeness (QED) is 0.654. The Morgan fingerprint density at radius 3 is 2.43 bits per heavy atom. The predicted octanol–water partition coefficient (Wildman–Crippen LogP) is 3.93.